The van der Waals surface area contributed by atoms with E-state index in [1.165, 1.54) is 11.1 Å². The number of hydrogen-bond donors (Lipinski definition) is 1. The fourth-order valence-electron chi connectivity index (χ4n) is 4.13. The first-order valence-electron chi connectivity index (χ1n) is 5.68. The number of ether oxygens (including phenoxy) is 1. The number of nitrogens with two attached hydrogens (primary N) is 1. The molecule has 3 aliphatic carbocycles. The Morgan fingerprint density at radius 2 is 2.31 bits per heavy atom. The Labute approximate surface area is 93.6 Å². The lowest BCUT2D eigenvalue weighted by molar-refractivity contribution is -0.126. The molecule has 0 radical (unpaired) electrons. The van der Waals surface area contributed by atoms with E-state index in [-0.39, 0.29) is 11.3 Å². The number of primary amides is 1. The maximum atomic E-state index is 11.5. The number of rotatable bonds is 2. The van der Waals surface area contributed by atoms with Gasteiger partial charge in [0.05, 0.1) is 12.5 Å². The summed E-state index contributed by atoms with van der Waals surface area (Å²) in [5.74, 6) is 2.29. The molecule has 0 aliphatic heterocycles. The van der Waals surface area contributed by atoms with Crippen molar-refractivity contribution in [3.63, 3.8) is 0 Å². The van der Waals surface area contributed by atoms with Crippen LogP contribution in [0, 0.1) is 11.3 Å². The third kappa shape index (κ3) is 0.647. The van der Waals surface area contributed by atoms with Gasteiger partial charge < -0.3 is 10.5 Å². The van der Waals surface area contributed by atoms with Crippen LogP contribution >= 0.6 is 0 Å². The lowest BCUT2D eigenvalue weighted by atomic mass is 9.68. The molecule has 3 aliphatic rings. The summed E-state index contributed by atoms with van der Waals surface area (Å²) in [7, 11) is 1.69. The summed E-state index contributed by atoms with van der Waals surface area (Å²) in [6.07, 6.45) is 0.956. The third-order valence-electron chi connectivity index (χ3n) is 4.88. The molecule has 0 bridgehead atoms. The van der Waals surface area contributed by atoms with Gasteiger partial charge in [-0.2, -0.15) is 0 Å². The number of carbonyl (C=O) groups excluding carboxylic acids is 1. The van der Waals surface area contributed by atoms with E-state index in [0.29, 0.717) is 17.8 Å². The number of methoxy groups -OCH3 is 1. The van der Waals surface area contributed by atoms with E-state index in [1.807, 2.05) is 6.07 Å². The molecule has 3 heteroatoms. The van der Waals surface area contributed by atoms with Crippen molar-refractivity contribution in [3.8, 4) is 5.75 Å². The van der Waals surface area contributed by atoms with Gasteiger partial charge in [-0.05, 0) is 41.5 Å². The van der Waals surface area contributed by atoms with Crippen molar-refractivity contribution in [3.05, 3.63) is 29.3 Å². The molecule has 16 heavy (non-hydrogen) atoms. The van der Waals surface area contributed by atoms with E-state index in [0.717, 1.165) is 12.2 Å². The van der Waals surface area contributed by atoms with Gasteiger partial charge in [0, 0.05) is 5.92 Å². The molecule has 0 unspecified atom stereocenters. The molecule has 3 nitrogen and oxygen atoms in total. The standard InChI is InChI=1S/C13H13NO2/c1-16-6-2-3-7-8(4-6)9-5-13(12(14)15)10(7)11(9)13/h2-4,9-11H,5H2,1H3,(H2,14,15)/t9-,10+,11+,13-/m0/s1. The van der Waals surface area contributed by atoms with Crippen LogP contribution in [-0.2, 0) is 4.79 Å². The molecule has 2 fully saturated rings. The number of fused-ring (bicyclic) bond motifs is 4. The smallest absolute Gasteiger partial charge is 0.224 e. The normalized spacial score (nSPS) is 40.7. The molecule has 2 saturated carbocycles. The second-order valence-corrected chi connectivity index (χ2v) is 5.21. The van der Waals surface area contributed by atoms with Gasteiger partial charge in [-0.25, -0.2) is 0 Å². The molecule has 0 saturated heterocycles. The van der Waals surface area contributed by atoms with Crippen LogP contribution < -0.4 is 10.5 Å². The lowest BCUT2D eigenvalue weighted by Crippen LogP contribution is -2.38. The Bertz CT molecular complexity index is 525. The van der Waals surface area contributed by atoms with Gasteiger partial charge in [-0.1, -0.05) is 6.07 Å². The number of carbonyl (C=O) groups is 1. The molecule has 0 spiro atoms. The highest BCUT2D eigenvalue weighted by atomic mass is 16.5. The van der Waals surface area contributed by atoms with Crippen molar-refractivity contribution in [2.75, 3.05) is 7.11 Å². The number of benzene rings is 1. The zero-order valence-electron chi connectivity index (χ0n) is 9.07. The fourth-order valence-corrected chi connectivity index (χ4v) is 4.13. The average molecular weight is 215 g/mol. The quantitative estimate of drug-likeness (QED) is 0.810. The highest BCUT2D eigenvalue weighted by Crippen LogP contribution is 2.86. The zero-order chi connectivity index (χ0) is 11.1. The lowest BCUT2D eigenvalue weighted by Gasteiger charge is -2.35. The first-order chi connectivity index (χ1) is 7.70. The number of amides is 1. The van der Waals surface area contributed by atoms with Gasteiger partial charge in [-0.15, -0.1) is 0 Å². The molecule has 1 aromatic carbocycles. The summed E-state index contributed by atoms with van der Waals surface area (Å²) in [6, 6.07) is 6.21. The molecular formula is C13H13NO2. The molecule has 0 heterocycles. The molecular weight excluding hydrogens is 202 g/mol. The monoisotopic (exact) mass is 215 g/mol. The molecule has 1 amide bonds. The maximum Gasteiger partial charge on any atom is 0.224 e. The van der Waals surface area contributed by atoms with Gasteiger partial charge in [0.15, 0.2) is 0 Å². The van der Waals surface area contributed by atoms with Crippen molar-refractivity contribution in [1.29, 1.82) is 0 Å². The predicted molar refractivity (Wildman–Crippen MR) is 58.2 cm³/mol. The first-order valence-corrected chi connectivity index (χ1v) is 5.68. The van der Waals surface area contributed by atoms with Crippen molar-refractivity contribution in [2.24, 2.45) is 17.1 Å². The molecule has 0 aromatic heterocycles. The van der Waals surface area contributed by atoms with Gasteiger partial charge in [0.25, 0.3) is 0 Å². The zero-order valence-corrected chi connectivity index (χ0v) is 9.07. The van der Waals surface area contributed by atoms with E-state index in [2.05, 4.69) is 12.1 Å². The first kappa shape index (κ1) is 8.62. The van der Waals surface area contributed by atoms with Crippen LogP contribution in [0.1, 0.15) is 29.4 Å². The van der Waals surface area contributed by atoms with Crippen molar-refractivity contribution >= 4 is 5.91 Å². The molecule has 2 N–H and O–H groups in total. The molecule has 4 atom stereocenters. The van der Waals surface area contributed by atoms with Crippen LogP contribution in [0.15, 0.2) is 18.2 Å². The number of hydrogen-bond acceptors (Lipinski definition) is 2. The second kappa shape index (κ2) is 2.26. The van der Waals surface area contributed by atoms with Crippen molar-refractivity contribution < 1.29 is 9.53 Å². The summed E-state index contributed by atoms with van der Waals surface area (Å²) in [4.78, 5) is 11.5. The van der Waals surface area contributed by atoms with E-state index < -0.39 is 0 Å². The molecule has 1 aromatic rings. The van der Waals surface area contributed by atoms with Gasteiger partial charge in [0.2, 0.25) is 5.91 Å². The van der Waals surface area contributed by atoms with E-state index >= 15 is 0 Å². The van der Waals surface area contributed by atoms with Gasteiger partial charge in [0.1, 0.15) is 5.75 Å². The van der Waals surface area contributed by atoms with E-state index in [4.69, 9.17) is 10.5 Å². The third-order valence-corrected chi connectivity index (χ3v) is 4.88. The van der Waals surface area contributed by atoms with Crippen LogP contribution in [0.5, 0.6) is 5.75 Å². The SMILES string of the molecule is COc1ccc2c(c1)[C@@H]1C[C@@]3(C(N)=O)[C@H]1[C@@H]23. The topological polar surface area (TPSA) is 52.3 Å². The highest BCUT2D eigenvalue weighted by Gasteiger charge is 2.82. The summed E-state index contributed by atoms with van der Waals surface area (Å²) in [6.45, 7) is 0. The minimum atomic E-state index is -0.160. The van der Waals surface area contributed by atoms with Crippen molar-refractivity contribution in [2.45, 2.75) is 18.3 Å². The van der Waals surface area contributed by atoms with Gasteiger partial charge in [-0.3, -0.25) is 4.79 Å². The summed E-state index contributed by atoms with van der Waals surface area (Å²) < 4.78 is 5.24. The second-order valence-electron chi connectivity index (χ2n) is 5.21. The largest absolute Gasteiger partial charge is 0.497 e. The molecule has 4 rings (SSSR count). The Morgan fingerprint density at radius 1 is 1.50 bits per heavy atom. The maximum absolute atomic E-state index is 11.5. The summed E-state index contributed by atoms with van der Waals surface area (Å²) >= 11 is 0. The van der Waals surface area contributed by atoms with Crippen LogP contribution in [0.3, 0.4) is 0 Å². The Morgan fingerprint density at radius 3 is 3.00 bits per heavy atom. The average Bonchev–Trinajstić information content (AvgIpc) is 2.68. The molecule has 82 valence electrons. The van der Waals surface area contributed by atoms with Crippen LogP contribution in [-0.4, -0.2) is 13.0 Å². The Balaban J connectivity index is 1.82. The summed E-state index contributed by atoms with van der Waals surface area (Å²) in [5.41, 5.74) is 8.07. The van der Waals surface area contributed by atoms with Crippen LogP contribution in [0.2, 0.25) is 0 Å². The Hall–Kier alpha value is -1.51. The predicted octanol–water partition coefficient (Wildman–Crippen LogP) is 1.38. The minimum Gasteiger partial charge on any atom is -0.497 e. The van der Waals surface area contributed by atoms with Crippen molar-refractivity contribution in [1.82, 2.24) is 0 Å². The van der Waals surface area contributed by atoms with Crippen LogP contribution in [0.25, 0.3) is 0 Å². The Kier molecular flexibility index (Phi) is 1.22. The van der Waals surface area contributed by atoms with Gasteiger partial charge >= 0.3 is 0 Å². The van der Waals surface area contributed by atoms with Crippen LogP contribution in [0.4, 0.5) is 0 Å². The minimum absolute atomic E-state index is 0.0970. The summed E-state index contributed by atoms with van der Waals surface area (Å²) in [5, 5.41) is 0. The highest BCUT2D eigenvalue weighted by molar-refractivity contribution is 5.91. The van der Waals surface area contributed by atoms with E-state index in [9.17, 15) is 4.79 Å². The fraction of sp³-hybridized carbons (Fsp3) is 0.462. The van der Waals surface area contributed by atoms with E-state index in [1.54, 1.807) is 7.11 Å².